The van der Waals surface area contributed by atoms with E-state index in [2.05, 4.69) is 27.2 Å². The van der Waals surface area contributed by atoms with Crippen molar-refractivity contribution in [2.24, 2.45) is 7.05 Å². The summed E-state index contributed by atoms with van der Waals surface area (Å²) in [6.07, 6.45) is 5.31. The van der Waals surface area contributed by atoms with Crippen LogP contribution in [0.3, 0.4) is 0 Å². The first kappa shape index (κ1) is 21.8. The molecule has 0 bridgehead atoms. The summed E-state index contributed by atoms with van der Waals surface area (Å²) in [4.78, 5) is 17.1. The van der Waals surface area contributed by atoms with Crippen molar-refractivity contribution in [3.8, 4) is 23.0 Å². The average molecular weight is 439 g/mol. The molecule has 0 atom stereocenters. The van der Waals surface area contributed by atoms with Crippen LogP contribution in [0.4, 0.5) is 10.2 Å². The Balaban J connectivity index is 1.60. The maximum atomic E-state index is 13.1. The average Bonchev–Trinajstić information content (AvgIpc) is 3.24. The molecule has 33 heavy (non-hydrogen) atoms. The van der Waals surface area contributed by atoms with E-state index in [4.69, 9.17) is 5.73 Å². The van der Waals surface area contributed by atoms with Gasteiger partial charge in [-0.05, 0) is 48.4 Å². The number of aryl methyl sites for hydroxylation is 2. The number of hydrogen-bond donors (Lipinski definition) is 2. The monoisotopic (exact) mass is 439 g/mol. The molecule has 4 rings (SSSR count). The van der Waals surface area contributed by atoms with E-state index < -0.39 is 0 Å². The fraction of sp³-hybridized carbons (Fsp3) is 0.115. The lowest BCUT2D eigenvalue weighted by atomic mass is 10.0. The minimum Gasteiger partial charge on any atom is -0.383 e. The Morgan fingerprint density at radius 3 is 2.55 bits per heavy atom. The summed E-state index contributed by atoms with van der Waals surface area (Å²) in [6, 6.07) is 13.3. The van der Waals surface area contributed by atoms with Gasteiger partial charge in [-0.1, -0.05) is 30.0 Å². The molecule has 0 aliphatic rings. The summed E-state index contributed by atoms with van der Waals surface area (Å²) >= 11 is 0. The zero-order valence-electron chi connectivity index (χ0n) is 18.3. The van der Waals surface area contributed by atoms with Gasteiger partial charge in [-0.3, -0.25) is 9.48 Å². The molecule has 7 heteroatoms. The molecule has 0 unspecified atom stereocenters. The van der Waals surface area contributed by atoms with Crippen molar-refractivity contribution in [3.63, 3.8) is 0 Å². The molecule has 0 saturated heterocycles. The second-order valence-corrected chi connectivity index (χ2v) is 7.67. The van der Waals surface area contributed by atoms with Crippen LogP contribution < -0.4 is 11.1 Å². The number of carbonyl (C=O) groups is 1. The summed E-state index contributed by atoms with van der Waals surface area (Å²) in [7, 11) is 1.84. The number of amides is 1. The molecule has 0 fully saturated rings. The molecule has 2 aromatic heterocycles. The predicted molar refractivity (Wildman–Crippen MR) is 126 cm³/mol. The molecule has 0 spiro atoms. The van der Waals surface area contributed by atoms with Crippen molar-refractivity contribution in [1.82, 2.24) is 20.1 Å². The van der Waals surface area contributed by atoms with Crippen molar-refractivity contribution in [1.29, 1.82) is 0 Å². The number of hydrogen-bond acceptors (Lipinski definition) is 4. The van der Waals surface area contributed by atoms with Gasteiger partial charge in [0.25, 0.3) is 5.91 Å². The number of nitrogens with two attached hydrogens (primary N) is 1. The van der Waals surface area contributed by atoms with Crippen LogP contribution in [0, 0.1) is 24.6 Å². The SMILES string of the molecule is Cc1ccc(C(=O)NCc2ccc(F)cc2)c(C#Cc2cc(-c3cnn(C)c3)cnc2N)c1. The molecule has 0 radical (unpaired) electrons. The van der Waals surface area contributed by atoms with E-state index in [0.717, 1.165) is 22.3 Å². The van der Waals surface area contributed by atoms with E-state index in [0.29, 0.717) is 22.5 Å². The summed E-state index contributed by atoms with van der Waals surface area (Å²) in [5, 5.41) is 7.04. The number of nitrogen functional groups attached to an aromatic ring is 1. The molecule has 2 aromatic carbocycles. The Kier molecular flexibility index (Phi) is 6.18. The summed E-state index contributed by atoms with van der Waals surface area (Å²) < 4.78 is 14.8. The third-order valence-electron chi connectivity index (χ3n) is 5.07. The van der Waals surface area contributed by atoms with Crippen molar-refractivity contribution in [3.05, 3.63) is 101 Å². The van der Waals surface area contributed by atoms with Crippen LogP contribution in [0.15, 0.2) is 67.1 Å². The fourth-order valence-corrected chi connectivity index (χ4v) is 3.28. The summed E-state index contributed by atoms with van der Waals surface area (Å²) in [5.41, 5.74) is 11.2. The number of anilines is 1. The highest BCUT2D eigenvalue weighted by atomic mass is 19.1. The van der Waals surface area contributed by atoms with Crippen molar-refractivity contribution >= 4 is 11.7 Å². The van der Waals surface area contributed by atoms with Gasteiger partial charge in [-0.15, -0.1) is 0 Å². The fourth-order valence-electron chi connectivity index (χ4n) is 3.28. The van der Waals surface area contributed by atoms with E-state index in [-0.39, 0.29) is 18.3 Å². The van der Waals surface area contributed by atoms with Crippen LogP contribution in [0.5, 0.6) is 0 Å². The minimum absolute atomic E-state index is 0.265. The lowest BCUT2D eigenvalue weighted by molar-refractivity contribution is 0.0950. The topological polar surface area (TPSA) is 85.8 Å². The highest BCUT2D eigenvalue weighted by Gasteiger charge is 2.11. The van der Waals surface area contributed by atoms with Gasteiger partial charge >= 0.3 is 0 Å². The third kappa shape index (κ3) is 5.25. The lowest BCUT2D eigenvalue weighted by Gasteiger charge is -2.08. The van der Waals surface area contributed by atoms with Crippen molar-refractivity contribution in [2.45, 2.75) is 13.5 Å². The van der Waals surface area contributed by atoms with Crippen LogP contribution in [0.25, 0.3) is 11.1 Å². The summed E-state index contributed by atoms with van der Waals surface area (Å²) in [6.45, 7) is 2.22. The maximum absolute atomic E-state index is 13.1. The van der Waals surface area contributed by atoms with Gasteiger partial charge in [0, 0.05) is 42.7 Å². The molecule has 0 aliphatic heterocycles. The van der Waals surface area contributed by atoms with Crippen LogP contribution in [-0.2, 0) is 13.6 Å². The number of aromatic nitrogens is 3. The number of rotatable bonds is 4. The quantitative estimate of drug-likeness (QED) is 0.473. The van der Waals surface area contributed by atoms with Gasteiger partial charge in [0.15, 0.2) is 0 Å². The van der Waals surface area contributed by atoms with Crippen molar-refractivity contribution < 1.29 is 9.18 Å². The van der Waals surface area contributed by atoms with E-state index in [1.807, 2.05) is 38.4 Å². The number of benzene rings is 2. The molecule has 1 amide bonds. The van der Waals surface area contributed by atoms with Gasteiger partial charge in [-0.25, -0.2) is 9.37 Å². The number of nitrogens with zero attached hydrogens (tertiary/aromatic N) is 3. The highest BCUT2D eigenvalue weighted by Crippen LogP contribution is 2.21. The first-order chi connectivity index (χ1) is 15.9. The third-order valence-corrected chi connectivity index (χ3v) is 5.07. The molecular weight excluding hydrogens is 417 g/mol. The number of nitrogens with one attached hydrogen (secondary N) is 1. The Hall–Kier alpha value is -4.44. The molecule has 3 N–H and O–H groups in total. The van der Waals surface area contributed by atoms with E-state index >= 15 is 0 Å². The molecule has 164 valence electrons. The predicted octanol–water partition coefficient (Wildman–Crippen LogP) is 3.84. The van der Waals surface area contributed by atoms with Crippen LogP contribution in [0.1, 0.15) is 32.6 Å². The number of carbonyl (C=O) groups excluding carboxylic acids is 1. The van der Waals surface area contributed by atoms with Crippen molar-refractivity contribution in [2.75, 3.05) is 5.73 Å². The number of pyridine rings is 1. The van der Waals surface area contributed by atoms with Gasteiger partial charge in [0.1, 0.15) is 11.6 Å². The van der Waals surface area contributed by atoms with Gasteiger partial charge < -0.3 is 11.1 Å². The molecule has 0 saturated carbocycles. The van der Waals surface area contributed by atoms with Crippen LogP contribution >= 0.6 is 0 Å². The summed E-state index contributed by atoms with van der Waals surface area (Å²) in [5.74, 6) is 5.87. The Bertz CT molecular complexity index is 1380. The maximum Gasteiger partial charge on any atom is 0.252 e. The highest BCUT2D eigenvalue weighted by molar-refractivity contribution is 5.96. The van der Waals surface area contributed by atoms with E-state index in [1.54, 1.807) is 35.3 Å². The van der Waals surface area contributed by atoms with Crippen LogP contribution in [0.2, 0.25) is 0 Å². The molecule has 6 nitrogen and oxygen atoms in total. The zero-order chi connectivity index (χ0) is 23.4. The minimum atomic E-state index is -0.317. The smallest absolute Gasteiger partial charge is 0.252 e. The standard InChI is InChI=1S/C26H22FN5O/c1-17-3-10-24(26(33)30-13-18-4-8-23(27)9-5-18)19(11-17)6-7-20-12-21(14-29-25(20)28)22-15-31-32(2)16-22/h3-5,8-12,14-16H,13H2,1-2H3,(H2,28,29)(H,30,33). The second kappa shape index (κ2) is 9.37. The molecular formula is C26H22FN5O. The first-order valence-corrected chi connectivity index (χ1v) is 10.3. The zero-order valence-corrected chi connectivity index (χ0v) is 18.3. The van der Waals surface area contributed by atoms with Crippen LogP contribution in [-0.4, -0.2) is 20.7 Å². The largest absolute Gasteiger partial charge is 0.383 e. The van der Waals surface area contributed by atoms with E-state index in [1.165, 1.54) is 12.1 Å². The van der Waals surface area contributed by atoms with Gasteiger partial charge in [0.2, 0.25) is 0 Å². The number of halogens is 1. The molecule has 0 aliphatic carbocycles. The van der Waals surface area contributed by atoms with E-state index in [9.17, 15) is 9.18 Å². The Morgan fingerprint density at radius 2 is 1.82 bits per heavy atom. The lowest BCUT2D eigenvalue weighted by Crippen LogP contribution is -2.23. The Labute approximate surface area is 191 Å². The molecule has 4 aromatic rings. The van der Waals surface area contributed by atoms with Gasteiger partial charge in [-0.2, -0.15) is 5.10 Å². The first-order valence-electron chi connectivity index (χ1n) is 10.3. The Morgan fingerprint density at radius 1 is 1.06 bits per heavy atom. The second-order valence-electron chi connectivity index (χ2n) is 7.67. The van der Waals surface area contributed by atoms with Gasteiger partial charge in [0.05, 0.1) is 17.3 Å². The normalized spacial score (nSPS) is 10.4. The molecule has 2 heterocycles.